The highest BCUT2D eigenvalue weighted by atomic mass is 79.9. The largest absolute Gasteiger partial charge is 0.496 e. The molecule has 11 rings (SSSR count). The van der Waals surface area contributed by atoms with Gasteiger partial charge in [-0.1, -0.05) is 46.9 Å². The standard InChI is InChI=1S/C28H23ClFN3O4.C23H16ClFN2O5.C15H9BrClFN2O2/c1-28(2,32-4)14-21(34)19-12-16(8-11-22(19)36-5)18-13-20-23(26(35)31-3)24(37-27(20)33-25(18)29)15-6-9-17(30)10-7-15;1-26-21(28)18-16-10-14(12-5-8-17(31-2)15(9-12)23(29)30)20(24)27-22(16)32-19(18)11-3-6-13(25)7-4-11;1-19-14(21)11-9-6-10(16)13(17)20-15(9)22-12(11)7-2-4-8(18)5-3-7/h6-13H,14H2,1-3,5H3,(H,31,35);3-10H,1-2H3,(H,26,28)(H,29,30);2-6H,1H3,(H,19,21). The van der Waals surface area contributed by atoms with Crippen LogP contribution in [0, 0.1) is 24.0 Å². The number of hydrogen-bond donors (Lipinski definition) is 4. The molecule has 6 heterocycles. The number of pyridine rings is 3. The molecule has 3 amide bonds. The van der Waals surface area contributed by atoms with Crippen molar-refractivity contribution in [3.63, 3.8) is 0 Å². The molecule has 4 N–H and O–H groups in total. The SMILES string of the molecule is CNC(=O)c1c(-c2ccc(F)cc2)oc2nc(Cl)c(-c3ccc(OC)c(C(=O)O)c3)cc12.CNC(=O)c1c(-c2ccc(F)cc2)oc2nc(Cl)c(Br)cc12.[C-]#[N+]C(C)(C)CC(=O)c1cc(-c2cc3c(C(=O)NC)c(-c4ccc(F)cc4)oc3nc2Cl)ccc1OC. The number of hydrogen-bond acceptors (Lipinski definition) is 13. The summed E-state index contributed by atoms with van der Waals surface area (Å²) >= 11 is 22.2. The van der Waals surface area contributed by atoms with Gasteiger partial charge in [0, 0.05) is 62.8 Å². The Hall–Kier alpha value is -10.1. The number of ketones is 1. The monoisotopic (exact) mass is 1360 g/mol. The maximum atomic E-state index is 13.5. The van der Waals surface area contributed by atoms with E-state index in [-0.39, 0.29) is 90.5 Å². The predicted molar refractivity (Wildman–Crippen MR) is 342 cm³/mol. The molecule has 0 aliphatic rings. The van der Waals surface area contributed by atoms with Gasteiger partial charge in [-0.3, -0.25) is 19.2 Å². The van der Waals surface area contributed by atoms with Crippen molar-refractivity contribution in [1.82, 2.24) is 30.9 Å². The van der Waals surface area contributed by atoms with Crippen LogP contribution in [-0.4, -0.2) is 90.4 Å². The van der Waals surface area contributed by atoms with Gasteiger partial charge in [0.2, 0.25) is 22.7 Å². The number of furan rings is 3. The fraction of sp³-hybridized carbons (Fsp3) is 0.136. The number of rotatable bonds is 14. The Morgan fingerprint density at radius 3 is 1.21 bits per heavy atom. The van der Waals surface area contributed by atoms with Crippen molar-refractivity contribution in [3.05, 3.63) is 204 Å². The molecular weight excluding hydrogens is 1310 g/mol. The van der Waals surface area contributed by atoms with Gasteiger partial charge in [-0.25, -0.2) is 34.5 Å². The number of carboxylic acid groups (broad SMARTS) is 1. The molecule has 0 fully saturated rings. The molecule has 6 aromatic heterocycles. The molecule has 0 aliphatic carbocycles. The lowest BCUT2D eigenvalue weighted by molar-refractivity contribution is 0.0692. The van der Waals surface area contributed by atoms with Gasteiger partial charge in [0.05, 0.1) is 63.5 Å². The molecule has 25 heteroatoms. The van der Waals surface area contributed by atoms with E-state index >= 15 is 0 Å². The van der Waals surface area contributed by atoms with Gasteiger partial charge >= 0.3 is 5.97 Å². The van der Waals surface area contributed by atoms with Crippen LogP contribution in [0.2, 0.25) is 15.5 Å². The Morgan fingerprint density at radius 2 is 0.868 bits per heavy atom. The number of methoxy groups -OCH3 is 2. The van der Waals surface area contributed by atoms with E-state index in [9.17, 15) is 42.3 Å². The zero-order chi connectivity index (χ0) is 65.7. The molecule has 18 nitrogen and oxygen atoms in total. The molecular formula is C66H48BrCl3F3N7O11. The lowest BCUT2D eigenvalue weighted by Crippen LogP contribution is -2.20. The van der Waals surface area contributed by atoms with Crippen molar-refractivity contribution >= 4 is 114 Å². The van der Waals surface area contributed by atoms with Crippen LogP contribution < -0.4 is 25.4 Å². The summed E-state index contributed by atoms with van der Waals surface area (Å²) in [6, 6.07) is 31.3. The molecule has 0 spiro atoms. The molecule has 0 aliphatic heterocycles. The Bertz CT molecular complexity index is 4740. The van der Waals surface area contributed by atoms with E-state index in [1.165, 1.54) is 120 Å². The molecule has 462 valence electrons. The van der Waals surface area contributed by atoms with Gasteiger partial charge < -0.3 is 48.6 Å². The average Bonchev–Trinajstić information content (AvgIpc) is 1.66. The van der Waals surface area contributed by atoms with Crippen molar-refractivity contribution in [1.29, 1.82) is 0 Å². The minimum Gasteiger partial charge on any atom is -0.496 e. The number of carboxylic acids is 1. The lowest BCUT2D eigenvalue weighted by atomic mass is 9.92. The predicted octanol–water partition coefficient (Wildman–Crippen LogP) is 16.0. The van der Waals surface area contributed by atoms with E-state index in [0.29, 0.717) is 82.2 Å². The number of fused-ring (bicyclic) bond motifs is 3. The van der Waals surface area contributed by atoms with Crippen LogP contribution in [0.3, 0.4) is 0 Å². The lowest BCUT2D eigenvalue weighted by Gasteiger charge is -2.14. The quantitative estimate of drug-likeness (QED) is 0.0450. The summed E-state index contributed by atoms with van der Waals surface area (Å²) in [5.41, 5.74) is 4.08. The van der Waals surface area contributed by atoms with Gasteiger partial charge in [0.15, 0.2) is 5.78 Å². The van der Waals surface area contributed by atoms with Gasteiger partial charge in [-0.2, -0.15) is 4.98 Å². The van der Waals surface area contributed by atoms with E-state index in [0.717, 1.165) is 0 Å². The van der Waals surface area contributed by atoms with Crippen LogP contribution in [0.1, 0.15) is 72.1 Å². The first-order chi connectivity index (χ1) is 43.4. The summed E-state index contributed by atoms with van der Waals surface area (Å²) in [5, 5.41) is 18.9. The third-order valence-corrected chi connectivity index (χ3v) is 15.7. The van der Waals surface area contributed by atoms with E-state index in [1.54, 1.807) is 56.3 Å². The summed E-state index contributed by atoms with van der Waals surface area (Å²) in [5.74, 6) is -2.50. The number of nitrogens with zero attached hydrogens (tertiary/aromatic N) is 4. The van der Waals surface area contributed by atoms with E-state index in [1.807, 2.05) is 0 Å². The van der Waals surface area contributed by atoms with Crippen LogP contribution in [-0.2, 0) is 0 Å². The summed E-state index contributed by atoms with van der Waals surface area (Å²) in [7, 11) is 7.33. The van der Waals surface area contributed by atoms with Crippen LogP contribution in [0.5, 0.6) is 11.5 Å². The second-order valence-corrected chi connectivity index (χ2v) is 22.2. The first kappa shape index (κ1) is 65.4. The number of aromatic nitrogens is 3. The van der Waals surface area contributed by atoms with Crippen molar-refractivity contribution < 1.29 is 65.0 Å². The minimum atomic E-state index is -1.16. The molecule has 0 saturated heterocycles. The van der Waals surface area contributed by atoms with Crippen LogP contribution in [0.15, 0.2) is 145 Å². The zero-order valence-corrected chi connectivity index (χ0v) is 52.6. The highest BCUT2D eigenvalue weighted by Crippen LogP contribution is 2.42. The Kier molecular flexibility index (Phi) is 19.7. The first-order valence-electron chi connectivity index (χ1n) is 26.9. The smallest absolute Gasteiger partial charge is 0.339 e. The topological polar surface area (TPSA) is 243 Å². The Morgan fingerprint density at radius 1 is 0.538 bits per heavy atom. The fourth-order valence-corrected chi connectivity index (χ4v) is 10.4. The number of benzene rings is 5. The molecule has 0 atom stereocenters. The number of ether oxygens (including phenoxy) is 2. The normalized spacial score (nSPS) is 11.0. The molecule has 5 aromatic carbocycles. The molecule has 0 bridgehead atoms. The average molecular weight is 1360 g/mol. The minimum absolute atomic E-state index is 0.00487. The molecule has 0 saturated carbocycles. The van der Waals surface area contributed by atoms with Gasteiger partial charge in [0.1, 0.15) is 67.3 Å². The van der Waals surface area contributed by atoms with E-state index in [2.05, 4.69) is 51.7 Å². The number of halogens is 7. The Balaban J connectivity index is 0.000000166. The number of carbonyl (C=O) groups excluding carboxylic acids is 4. The zero-order valence-electron chi connectivity index (χ0n) is 48.8. The van der Waals surface area contributed by atoms with Crippen molar-refractivity contribution in [2.45, 2.75) is 25.8 Å². The summed E-state index contributed by atoms with van der Waals surface area (Å²) in [6.07, 6.45) is 0.00487. The highest BCUT2D eigenvalue weighted by molar-refractivity contribution is 9.10. The molecule has 11 aromatic rings. The Labute approximate surface area is 539 Å². The number of nitrogens with one attached hydrogen (secondary N) is 3. The molecule has 0 unspecified atom stereocenters. The van der Waals surface area contributed by atoms with Crippen molar-refractivity contribution in [2.24, 2.45) is 0 Å². The third kappa shape index (κ3) is 13.8. The highest BCUT2D eigenvalue weighted by Gasteiger charge is 2.31. The summed E-state index contributed by atoms with van der Waals surface area (Å²) in [4.78, 5) is 78.8. The van der Waals surface area contributed by atoms with E-state index < -0.39 is 35.0 Å². The van der Waals surface area contributed by atoms with Gasteiger partial charge in [-0.15, -0.1) is 0 Å². The number of aromatic carboxylic acids is 1. The van der Waals surface area contributed by atoms with Gasteiger partial charge in [0.25, 0.3) is 17.7 Å². The second-order valence-electron chi connectivity index (χ2n) is 20.3. The maximum absolute atomic E-state index is 13.5. The van der Waals surface area contributed by atoms with Crippen molar-refractivity contribution in [3.8, 4) is 67.7 Å². The maximum Gasteiger partial charge on any atom is 0.339 e. The summed E-state index contributed by atoms with van der Waals surface area (Å²) < 4.78 is 68.4. The fourth-order valence-electron chi connectivity index (χ4n) is 9.52. The summed E-state index contributed by atoms with van der Waals surface area (Å²) in [6.45, 7) is 10.7. The van der Waals surface area contributed by atoms with Gasteiger partial charge in [-0.05, 0) is 142 Å². The van der Waals surface area contributed by atoms with Crippen LogP contribution in [0.25, 0.3) is 94.4 Å². The molecule has 0 radical (unpaired) electrons. The number of carbonyl (C=O) groups is 5. The number of amides is 3. The third-order valence-electron chi connectivity index (χ3n) is 14.0. The van der Waals surface area contributed by atoms with E-state index in [4.69, 9.17) is 64.1 Å². The van der Waals surface area contributed by atoms with Crippen molar-refractivity contribution in [2.75, 3.05) is 35.4 Å². The number of Topliss-reactive ketones (excluding diaryl/α,β-unsaturated/α-hetero) is 1. The van der Waals surface area contributed by atoms with Crippen LogP contribution in [0.4, 0.5) is 13.2 Å². The molecule has 91 heavy (non-hydrogen) atoms. The first-order valence-corrected chi connectivity index (χ1v) is 28.9. The van der Waals surface area contributed by atoms with Crippen LogP contribution >= 0.6 is 50.7 Å². The second kappa shape index (κ2) is 27.4.